The maximum absolute atomic E-state index is 12.2. The number of amides is 1. The molecule has 0 spiro atoms. The number of methoxy groups -OCH3 is 1. The highest BCUT2D eigenvalue weighted by Crippen LogP contribution is 2.27. The van der Waals surface area contributed by atoms with Crippen molar-refractivity contribution >= 4 is 11.6 Å². The molecule has 25 heavy (non-hydrogen) atoms. The number of hydrogen-bond donors (Lipinski definition) is 2. The Morgan fingerprint density at radius 2 is 1.96 bits per heavy atom. The van der Waals surface area contributed by atoms with Gasteiger partial charge in [0.15, 0.2) is 18.0 Å². The molecule has 0 aliphatic carbocycles. The zero-order valence-corrected chi connectivity index (χ0v) is 15.4. The summed E-state index contributed by atoms with van der Waals surface area (Å²) in [4.78, 5) is 13.3. The van der Waals surface area contributed by atoms with Crippen LogP contribution in [0.3, 0.4) is 0 Å². The Hall–Kier alpha value is -2.53. The van der Waals surface area contributed by atoms with E-state index in [0.717, 1.165) is 39.8 Å². The van der Waals surface area contributed by atoms with Crippen molar-refractivity contribution in [1.82, 2.24) is 0 Å². The molecule has 0 saturated heterocycles. The fraction of sp³-hybridized carbons (Fsp3) is 0.350. The third-order valence-corrected chi connectivity index (χ3v) is 3.80. The molecule has 134 valence electrons. The molecule has 2 N–H and O–H groups in total. The number of nitrogens with one attached hydrogen (secondary N) is 2. The van der Waals surface area contributed by atoms with E-state index in [1.54, 1.807) is 7.11 Å². The van der Waals surface area contributed by atoms with Crippen molar-refractivity contribution in [3.05, 3.63) is 53.6 Å². The maximum atomic E-state index is 12.2. The molecular weight excluding hydrogens is 316 g/mol. The molecule has 2 aromatic rings. The molecular formula is C20H27N2O3+. The molecule has 1 unspecified atom stereocenters. The Kier molecular flexibility index (Phi) is 6.83. The number of aryl methyl sites for hydroxylation is 1. The van der Waals surface area contributed by atoms with Gasteiger partial charge in [-0.3, -0.25) is 4.79 Å². The summed E-state index contributed by atoms with van der Waals surface area (Å²) in [5.41, 5.74) is 3.06. The number of rotatable bonds is 8. The lowest BCUT2D eigenvalue weighted by Crippen LogP contribution is -3.08. The van der Waals surface area contributed by atoms with Crippen molar-refractivity contribution < 1.29 is 19.2 Å². The van der Waals surface area contributed by atoms with Crippen LogP contribution >= 0.6 is 0 Å². The van der Waals surface area contributed by atoms with Gasteiger partial charge in [-0.25, -0.2) is 0 Å². The van der Waals surface area contributed by atoms with E-state index in [1.807, 2.05) is 63.4 Å². The van der Waals surface area contributed by atoms with Crippen LogP contribution in [0.1, 0.15) is 18.1 Å². The number of hydrogen-bond acceptors (Lipinski definition) is 3. The van der Waals surface area contributed by atoms with Crippen LogP contribution in [0.5, 0.6) is 11.5 Å². The Balaban J connectivity index is 1.93. The predicted octanol–water partition coefficient (Wildman–Crippen LogP) is 2.06. The van der Waals surface area contributed by atoms with Gasteiger partial charge in [0.25, 0.3) is 5.91 Å². The quantitative estimate of drug-likeness (QED) is 0.771. The van der Waals surface area contributed by atoms with E-state index in [1.165, 1.54) is 0 Å². The van der Waals surface area contributed by atoms with Crippen LogP contribution in [0, 0.1) is 6.92 Å². The van der Waals surface area contributed by atoms with Crippen molar-refractivity contribution in [1.29, 1.82) is 0 Å². The minimum Gasteiger partial charge on any atom is -0.493 e. The highest BCUT2D eigenvalue weighted by molar-refractivity contribution is 5.91. The van der Waals surface area contributed by atoms with Crippen molar-refractivity contribution in [2.24, 2.45) is 0 Å². The van der Waals surface area contributed by atoms with Crippen LogP contribution in [0.15, 0.2) is 42.5 Å². The zero-order valence-electron chi connectivity index (χ0n) is 15.4. The largest absolute Gasteiger partial charge is 0.493 e. The molecule has 0 aliphatic heterocycles. The van der Waals surface area contributed by atoms with Gasteiger partial charge in [0.2, 0.25) is 0 Å². The molecule has 2 aromatic carbocycles. The molecule has 2 rings (SSSR count). The summed E-state index contributed by atoms with van der Waals surface area (Å²) >= 11 is 0. The van der Waals surface area contributed by atoms with Crippen LogP contribution in [0.25, 0.3) is 0 Å². The number of quaternary nitrogens is 1. The fourth-order valence-corrected chi connectivity index (χ4v) is 2.71. The topological polar surface area (TPSA) is 52.0 Å². The van der Waals surface area contributed by atoms with Crippen molar-refractivity contribution in [2.45, 2.75) is 20.4 Å². The summed E-state index contributed by atoms with van der Waals surface area (Å²) in [5.74, 6) is 1.46. The molecule has 0 heterocycles. The van der Waals surface area contributed by atoms with E-state index >= 15 is 0 Å². The summed E-state index contributed by atoms with van der Waals surface area (Å²) in [5, 5.41) is 2.94. The molecule has 0 aromatic heterocycles. The van der Waals surface area contributed by atoms with Gasteiger partial charge in [-0.15, -0.1) is 0 Å². The smallest absolute Gasteiger partial charge is 0.279 e. The zero-order chi connectivity index (χ0) is 18.2. The normalized spacial score (nSPS) is 11.7. The van der Waals surface area contributed by atoms with E-state index in [0.29, 0.717) is 13.2 Å². The first-order valence-electron chi connectivity index (χ1n) is 8.49. The summed E-state index contributed by atoms with van der Waals surface area (Å²) in [6.45, 7) is 5.66. The lowest BCUT2D eigenvalue weighted by Gasteiger charge is -2.16. The first-order valence-corrected chi connectivity index (χ1v) is 8.49. The minimum atomic E-state index is 0.000927. The van der Waals surface area contributed by atoms with E-state index in [2.05, 4.69) is 5.32 Å². The van der Waals surface area contributed by atoms with Crippen LogP contribution < -0.4 is 19.7 Å². The second-order valence-electron chi connectivity index (χ2n) is 6.15. The minimum absolute atomic E-state index is 0.000927. The first-order chi connectivity index (χ1) is 12.0. The predicted molar refractivity (Wildman–Crippen MR) is 99.4 cm³/mol. The third-order valence-electron chi connectivity index (χ3n) is 3.80. The van der Waals surface area contributed by atoms with Gasteiger partial charge < -0.3 is 19.7 Å². The average molecular weight is 343 g/mol. The van der Waals surface area contributed by atoms with E-state index in [9.17, 15) is 4.79 Å². The van der Waals surface area contributed by atoms with Gasteiger partial charge in [-0.2, -0.15) is 0 Å². The van der Waals surface area contributed by atoms with Gasteiger partial charge in [0.05, 0.1) is 20.8 Å². The number of likely N-dealkylation sites (N-methyl/N-ethyl adjacent to an activating group) is 1. The summed E-state index contributed by atoms with van der Waals surface area (Å²) in [6.07, 6.45) is 0. The Morgan fingerprint density at radius 3 is 2.64 bits per heavy atom. The lowest BCUT2D eigenvalue weighted by molar-refractivity contribution is -0.885. The number of ether oxygens (including phenoxy) is 2. The van der Waals surface area contributed by atoms with E-state index < -0.39 is 0 Å². The van der Waals surface area contributed by atoms with Crippen LogP contribution in [-0.2, 0) is 11.3 Å². The molecule has 5 nitrogen and oxygen atoms in total. The molecule has 5 heteroatoms. The Bertz CT molecular complexity index is 716. The highest BCUT2D eigenvalue weighted by atomic mass is 16.5. The molecule has 0 aliphatic rings. The molecule has 1 amide bonds. The number of benzene rings is 2. The van der Waals surface area contributed by atoms with Gasteiger partial charge in [0, 0.05) is 11.3 Å². The van der Waals surface area contributed by atoms with Crippen molar-refractivity contribution in [3.8, 4) is 11.5 Å². The van der Waals surface area contributed by atoms with Gasteiger partial charge in [-0.1, -0.05) is 12.1 Å². The monoisotopic (exact) mass is 343 g/mol. The summed E-state index contributed by atoms with van der Waals surface area (Å²) in [7, 11) is 3.63. The summed E-state index contributed by atoms with van der Waals surface area (Å²) in [6, 6.07) is 13.7. The molecule has 0 bridgehead atoms. The summed E-state index contributed by atoms with van der Waals surface area (Å²) < 4.78 is 10.9. The molecule has 0 saturated carbocycles. The van der Waals surface area contributed by atoms with Gasteiger partial charge >= 0.3 is 0 Å². The van der Waals surface area contributed by atoms with E-state index in [-0.39, 0.29) is 5.91 Å². The molecule has 0 radical (unpaired) electrons. The van der Waals surface area contributed by atoms with E-state index in [4.69, 9.17) is 9.47 Å². The molecule has 0 fully saturated rings. The van der Waals surface area contributed by atoms with Crippen LogP contribution in [0.2, 0.25) is 0 Å². The lowest BCUT2D eigenvalue weighted by atomic mass is 10.2. The fourth-order valence-electron chi connectivity index (χ4n) is 2.71. The molecule has 1 atom stereocenters. The Labute approximate surface area is 149 Å². The number of carbonyl (C=O) groups excluding carboxylic acids is 1. The highest BCUT2D eigenvalue weighted by Gasteiger charge is 2.13. The SMILES string of the molecule is CCOc1ccc(C[NH+](C)CC(=O)Nc2cccc(C)c2)cc1OC. The standard InChI is InChI=1S/C20H26N2O3/c1-5-25-18-10-9-16(12-19(18)24-4)13-22(3)14-20(23)21-17-8-6-7-15(2)11-17/h6-12H,5,13-14H2,1-4H3,(H,21,23)/p+1. The third kappa shape index (κ3) is 5.80. The van der Waals surface area contributed by atoms with Gasteiger partial charge in [0.1, 0.15) is 6.54 Å². The van der Waals surface area contributed by atoms with Crippen molar-refractivity contribution in [2.75, 3.05) is 32.6 Å². The first kappa shape index (κ1) is 18.8. The maximum Gasteiger partial charge on any atom is 0.279 e. The average Bonchev–Trinajstić information content (AvgIpc) is 2.56. The number of carbonyl (C=O) groups is 1. The second kappa shape index (κ2) is 9.08. The Morgan fingerprint density at radius 1 is 1.16 bits per heavy atom. The second-order valence-corrected chi connectivity index (χ2v) is 6.15. The van der Waals surface area contributed by atoms with Crippen LogP contribution in [0.4, 0.5) is 5.69 Å². The van der Waals surface area contributed by atoms with Gasteiger partial charge in [-0.05, 0) is 49.7 Å². The number of anilines is 1. The van der Waals surface area contributed by atoms with Crippen molar-refractivity contribution in [3.63, 3.8) is 0 Å². The van der Waals surface area contributed by atoms with Crippen LogP contribution in [-0.4, -0.2) is 33.2 Å².